The fraction of sp³-hybridized carbons (Fsp3) is 0.462. The Bertz CT molecular complexity index is 430. The van der Waals surface area contributed by atoms with Crippen molar-refractivity contribution in [2.75, 3.05) is 0 Å². The van der Waals surface area contributed by atoms with Gasteiger partial charge >= 0.3 is 0 Å². The third-order valence-corrected chi connectivity index (χ3v) is 3.00. The van der Waals surface area contributed by atoms with Crippen LogP contribution in [0.3, 0.4) is 0 Å². The Balaban J connectivity index is 1.91. The van der Waals surface area contributed by atoms with Crippen molar-refractivity contribution in [1.82, 2.24) is 20.1 Å². The number of nitrogens with zero attached hydrogens (tertiary/aromatic N) is 2. The van der Waals surface area contributed by atoms with Gasteiger partial charge in [-0.3, -0.25) is 5.10 Å². The predicted octanol–water partition coefficient (Wildman–Crippen LogP) is 2.47. The molecule has 4 nitrogen and oxygen atoms in total. The maximum atomic E-state index is 3.97. The monoisotopic (exact) mass is 232 g/mol. The molecule has 92 valence electrons. The molecule has 0 aliphatic carbocycles. The first-order valence-corrected chi connectivity index (χ1v) is 6.17. The molecule has 0 aliphatic rings. The van der Waals surface area contributed by atoms with Gasteiger partial charge in [-0.2, -0.15) is 5.10 Å². The highest BCUT2D eigenvalue weighted by atomic mass is 15.1. The highest BCUT2D eigenvalue weighted by Gasteiger charge is 2.07. The van der Waals surface area contributed by atoms with Crippen LogP contribution < -0.4 is 5.32 Å². The molecule has 2 aromatic rings. The number of rotatable bonds is 6. The molecular formula is C13H20N4. The standard InChI is InChI=1S/C13H20N4/c1-3-6-17-7-4-5-13(17)10-14-11(2)12-8-15-16-9-12/h4-5,7-9,11,14H,3,6,10H2,1-2H3,(H,15,16). The molecule has 0 saturated carbocycles. The zero-order chi connectivity index (χ0) is 12.1. The third kappa shape index (κ3) is 2.97. The summed E-state index contributed by atoms with van der Waals surface area (Å²) in [6.07, 6.45) is 7.10. The number of aromatic nitrogens is 3. The molecule has 1 unspecified atom stereocenters. The molecule has 2 N–H and O–H groups in total. The van der Waals surface area contributed by atoms with E-state index in [9.17, 15) is 0 Å². The molecular weight excluding hydrogens is 212 g/mol. The molecule has 1 atom stereocenters. The van der Waals surface area contributed by atoms with Crippen LogP contribution in [0.4, 0.5) is 0 Å². The van der Waals surface area contributed by atoms with E-state index in [1.165, 1.54) is 17.7 Å². The zero-order valence-corrected chi connectivity index (χ0v) is 10.5. The molecule has 0 spiro atoms. The molecule has 0 aromatic carbocycles. The Kier molecular flexibility index (Phi) is 3.98. The molecule has 0 amide bonds. The maximum Gasteiger partial charge on any atom is 0.0534 e. The molecule has 17 heavy (non-hydrogen) atoms. The average molecular weight is 232 g/mol. The van der Waals surface area contributed by atoms with E-state index in [0.717, 1.165) is 13.1 Å². The molecule has 2 rings (SSSR count). The minimum absolute atomic E-state index is 0.318. The lowest BCUT2D eigenvalue weighted by Crippen LogP contribution is -2.19. The smallest absolute Gasteiger partial charge is 0.0534 e. The average Bonchev–Trinajstić information content (AvgIpc) is 2.97. The summed E-state index contributed by atoms with van der Waals surface area (Å²) in [6, 6.07) is 4.60. The van der Waals surface area contributed by atoms with Crippen LogP contribution in [0.1, 0.15) is 37.6 Å². The summed E-state index contributed by atoms with van der Waals surface area (Å²) in [5, 5.41) is 10.3. The van der Waals surface area contributed by atoms with Gasteiger partial charge in [0.05, 0.1) is 6.20 Å². The van der Waals surface area contributed by atoms with E-state index in [1.807, 2.05) is 12.4 Å². The normalized spacial score (nSPS) is 12.8. The zero-order valence-electron chi connectivity index (χ0n) is 10.5. The predicted molar refractivity (Wildman–Crippen MR) is 68.6 cm³/mol. The molecule has 4 heteroatoms. The van der Waals surface area contributed by atoms with Crippen LogP contribution in [0.5, 0.6) is 0 Å². The van der Waals surface area contributed by atoms with Crippen molar-refractivity contribution in [2.45, 2.75) is 39.4 Å². The number of hydrogen-bond acceptors (Lipinski definition) is 2. The Morgan fingerprint density at radius 1 is 1.53 bits per heavy atom. The van der Waals surface area contributed by atoms with Crippen LogP contribution >= 0.6 is 0 Å². The minimum Gasteiger partial charge on any atom is -0.350 e. The lowest BCUT2D eigenvalue weighted by molar-refractivity contribution is 0.542. The van der Waals surface area contributed by atoms with Crippen molar-refractivity contribution in [2.24, 2.45) is 0 Å². The number of hydrogen-bond donors (Lipinski definition) is 2. The molecule has 0 bridgehead atoms. The number of aromatic amines is 1. The lowest BCUT2D eigenvalue weighted by atomic mass is 10.2. The van der Waals surface area contributed by atoms with Crippen molar-refractivity contribution >= 4 is 0 Å². The van der Waals surface area contributed by atoms with E-state index in [0.29, 0.717) is 6.04 Å². The largest absolute Gasteiger partial charge is 0.350 e. The highest BCUT2D eigenvalue weighted by molar-refractivity contribution is 5.10. The van der Waals surface area contributed by atoms with Gasteiger partial charge in [-0.1, -0.05) is 6.92 Å². The van der Waals surface area contributed by atoms with E-state index in [1.54, 1.807) is 0 Å². The second-order valence-corrected chi connectivity index (χ2v) is 4.33. The minimum atomic E-state index is 0.318. The topological polar surface area (TPSA) is 45.6 Å². The Hall–Kier alpha value is -1.55. The van der Waals surface area contributed by atoms with E-state index in [2.05, 4.69) is 52.3 Å². The Morgan fingerprint density at radius 3 is 3.12 bits per heavy atom. The van der Waals surface area contributed by atoms with E-state index >= 15 is 0 Å². The summed E-state index contributed by atoms with van der Waals surface area (Å²) in [4.78, 5) is 0. The van der Waals surface area contributed by atoms with Gasteiger partial charge < -0.3 is 9.88 Å². The van der Waals surface area contributed by atoms with Crippen molar-refractivity contribution in [3.63, 3.8) is 0 Å². The van der Waals surface area contributed by atoms with E-state index in [4.69, 9.17) is 0 Å². The summed E-state index contributed by atoms with van der Waals surface area (Å²) in [5.41, 5.74) is 2.53. The lowest BCUT2D eigenvalue weighted by Gasteiger charge is -2.13. The first kappa shape index (κ1) is 11.9. The summed E-state index contributed by atoms with van der Waals surface area (Å²) in [5.74, 6) is 0. The van der Waals surface area contributed by atoms with Crippen LogP contribution in [0.25, 0.3) is 0 Å². The van der Waals surface area contributed by atoms with Crippen LogP contribution in [0.15, 0.2) is 30.7 Å². The Morgan fingerprint density at radius 2 is 2.41 bits per heavy atom. The first-order chi connectivity index (χ1) is 8.31. The second kappa shape index (κ2) is 5.68. The summed E-state index contributed by atoms with van der Waals surface area (Å²) < 4.78 is 2.30. The number of aryl methyl sites for hydroxylation is 1. The Labute approximate surface area is 102 Å². The quantitative estimate of drug-likeness (QED) is 0.803. The van der Waals surface area contributed by atoms with Gasteiger partial charge in [0.2, 0.25) is 0 Å². The van der Waals surface area contributed by atoms with Gasteiger partial charge in [0.1, 0.15) is 0 Å². The highest BCUT2D eigenvalue weighted by Crippen LogP contribution is 2.11. The van der Waals surface area contributed by atoms with Crippen LogP contribution in [-0.2, 0) is 13.1 Å². The van der Waals surface area contributed by atoms with Gasteiger partial charge in [0.15, 0.2) is 0 Å². The van der Waals surface area contributed by atoms with Crippen molar-refractivity contribution in [3.8, 4) is 0 Å². The van der Waals surface area contributed by atoms with Crippen molar-refractivity contribution < 1.29 is 0 Å². The first-order valence-electron chi connectivity index (χ1n) is 6.17. The summed E-state index contributed by atoms with van der Waals surface area (Å²) in [6.45, 7) is 6.33. The van der Waals surface area contributed by atoms with Gasteiger partial charge in [0.25, 0.3) is 0 Å². The molecule has 0 fully saturated rings. The summed E-state index contributed by atoms with van der Waals surface area (Å²) in [7, 11) is 0. The third-order valence-electron chi connectivity index (χ3n) is 3.00. The molecule has 2 aromatic heterocycles. The second-order valence-electron chi connectivity index (χ2n) is 4.33. The van der Waals surface area contributed by atoms with Gasteiger partial charge in [-0.15, -0.1) is 0 Å². The number of H-pyrrole nitrogens is 1. The fourth-order valence-electron chi connectivity index (χ4n) is 1.94. The molecule has 0 aliphatic heterocycles. The van der Waals surface area contributed by atoms with Crippen LogP contribution in [0, 0.1) is 0 Å². The molecule has 0 radical (unpaired) electrons. The van der Waals surface area contributed by atoms with Crippen LogP contribution in [-0.4, -0.2) is 14.8 Å². The summed E-state index contributed by atoms with van der Waals surface area (Å²) >= 11 is 0. The van der Waals surface area contributed by atoms with Gasteiger partial charge in [-0.25, -0.2) is 0 Å². The molecule has 2 heterocycles. The fourth-order valence-corrected chi connectivity index (χ4v) is 1.94. The van der Waals surface area contributed by atoms with Crippen molar-refractivity contribution in [1.29, 1.82) is 0 Å². The maximum absolute atomic E-state index is 3.97. The van der Waals surface area contributed by atoms with E-state index < -0.39 is 0 Å². The number of nitrogens with one attached hydrogen (secondary N) is 2. The van der Waals surface area contributed by atoms with Gasteiger partial charge in [0, 0.05) is 42.8 Å². The molecule has 0 saturated heterocycles. The SMILES string of the molecule is CCCn1cccc1CNC(C)c1cn[nH]c1. The van der Waals surface area contributed by atoms with Crippen LogP contribution in [0.2, 0.25) is 0 Å². The van der Waals surface area contributed by atoms with E-state index in [-0.39, 0.29) is 0 Å². The van der Waals surface area contributed by atoms with Gasteiger partial charge in [-0.05, 0) is 25.5 Å². The van der Waals surface area contributed by atoms with Crippen molar-refractivity contribution in [3.05, 3.63) is 42.0 Å².